The maximum Gasteiger partial charge on any atom is 0.382 e. The zero-order valence-corrected chi connectivity index (χ0v) is 30.0. The lowest BCUT2D eigenvalue weighted by Gasteiger charge is -2.27. The van der Waals surface area contributed by atoms with Crippen molar-refractivity contribution >= 4 is 75.5 Å². The fourth-order valence-corrected chi connectivity index (χ4v) is 8.76. The number of hydrogen-bond acceptors (Lipinski definition) is 9. The molecule has 0 radical (unpaired) electrons. The number of carbonyl (C=O) groups excluding carboxylic acids is 4. The number of hydrogen-bond donors (Lipinski definition) is 3. The SMILES string of the molecule is CCOCc1nc2c(N)nc3ccccc3c2n1CC(C)(C)OCCNC(=O)[P+]1(NC(=O)c2cc(C)cc(C3=CC(=O)C=CC3=O)c2Cl)CC1. The van der Waals surface area contributed by atoms with E-state index in [1.165, 1.54) is 18.2 Å². The highest BCUT2D eigenvalue weighted by molar-refractivity contribution is 7.95. The van der Waals surface area contributed by atoms with Crippen LogP contribution >= 0.6 is 19.0 Å². The number of nitrogens with zero attached hydrogens (tertiary/aromatic N) is 3. The molecule has 1 aliphatic heterocycles. The third-order valence-electron chi connectivity index (χ3n) is 8.61. The number of ether oxygens (including phenoxy) is 2. The van der Waals surface area contributed by atoms with Gasteiger partial charge in [-0.2, -0.15) is 0 Å². The summed E-state index contributed by atoms with van der Waals surface area (Å²) in [5.41, 5.74) is 8.92. The number of allylic oxidation sites excluding steroid dienone is 4. The molecular weight excluding hydrogens is 679 g/mol. The summed E-state index contributed by atoms with van der Waals surface area (Å²) in [4.78, 5) is 60.6. The molecule has 0 unspecified atom stereocenters. The molecule has 1 fully saturated rings. The largest absolute Gasteiger partial charge is 0.382 e. The van der Waals surface area contributed by atoms with E-state index in [0.29, 0.717) is 60.4 Å². The molecule has 1 aliphatic carbocycles. The number of para-hydroxylation sites is 1. The molecule has 14 heteroatoms. The molecule has 4 N–H and O–H groups in total. The number of aromatic nitrogens is 3. The van der Waals surface area contributed by atoms with Crippen LogP contribution in [0, 0.1) is 6.92 Å². The average molecular weight is 718 g/mol. The summed E-state index contributed by atoms with van der Waals surface area (Å²) in [6.45, 7) is 9.36. The molecule has 2 amide bonds. The van der Waals surface area contributed by atoms with E-state index in [9.17, 15) is 19.2 Å². The van der Waals surface area contributed by atoms with Crippen molar-refractivity contribution in [1.82, 2.24) is 24.9 Å². The molecule has 6 rings (SSSR count). The Bertz CT molecular complexity index is 2120. The number of halogens is 1. The molecule has 260 valence electrons. The second kappa shape index (κ2) is 14.0. The molecule has 2 aliphatic rings. The molecule has 0 atom stereocenters. The lowest BCUT2D eigenvalue weighted by Crippen LogP contribution is -2.36. The van der Waals surface area contributed by atoms with E-state index in [1.54, 1.807) is 19.1 Å². The Labute approximate surface area is 294 Å². The number of nitrogens with two attached hydrogens (primary N) is 1. The average Bonchev–Trinajstić information content (AvgIpc) is 3.78. The number of nitrogen functional groups attached to an aromatic ring is 1. The zero-order valence-electron chi connectivity index (χ0n) is 28.3. The van der Waals surface area contributed by atoms with Crippen molar-refractivity contribution in [3.8, 4) is 0 Å². The second-order valence-electron chi connectivity index (χ2n) is 13.0. The van der Waals surface area contributed by atoms with Gasteiger partial charge in [-0.05, 0) is 69.7 Å². The van der Waals surface area contributed by atoms with Gasteiger partial charge in [-0.1, -0.05) is 29.8 Å². The van der Waals surface area contributed by atoms with Crippen LogP contribution in [0.4, 0.5) is 10.6 Å². The summed E-state index contributed by atoms with van der Waals surface area (Å²) >= 11 is 6.63. The first-order valence-corrected chi connectivity index (χ1v) is 18.9. The van der Waals surface area contributed by atoms with Gasteiger partial charge in [0.2, 0.25) is 7.41 Å². The second-order valence-corrected chi connectivity index (χ2v) is 16.8. The van der Waals surface area contributed by atoms with Crippen LogP contribution in [-0.4, -0.2) is 75.3 Å². The van der Waals surface area contributed by atoms with E-state index in [4.69, 9.17) is 31.8 Å². The number of ketones is 2. The molecule has 0 bridgehead atoms. The third kappa shape index (κ3) is 7.20. The van der Waals surface area contributed by atoms with Gasteiger partial charge in [-0.15, -0.1) is 0 Å². The Morgan fingerprint density at radius 3 is 2.62 bits per heavy atom. The first-order chi connectivity index (χ1) is 23.8. The van der Waals surface area contributed by atoms with Crippen LogP contribution in [0.25, 0.3) is 27.5 Å². The molecule has 2 aromatic carbocycles. The van der Waals surface area contributed by atoms with Crippen LogP contribution < -0.4 is 16.1 Å². The number of nitrogens with one attached hydrogen (secondary N) is 2. The molecule has 3 heterocycles. The summed E-state index contributed by atoms with van der Waals surface area (Å²) in [5, 5.41) is 6.88. The van der Waals surface area contributed by atoms with Crippen molar-refractivity contribution in [3.63, 3.8) is 0 Å². The predicted molar refractivity (Wildman–Crippen MR) is 196 cm³/mol. The lowest BCUT2D eigenvalue weighted by molar-refractivity contribution is -0.113. The number of pyridine rings is 1. The van der Waals surface area contributed by atoms with Crippen molar-refractivity contribution in [2.75, 3.05) is 37.8 Å². The van der Waals surface area contributed by atoms with Crippen LogP contribution in [0.1, 0.15) is 48.1 Å². The van der Waals surface area contributed by atoms with E-state index in [2.05, 4.69) is 20.0 Å². The van der Waals surface area contributed by atoms with Crippen LogP contribution in [0.3, 0.4) is 0 Å². The number of amides is 2. The molecule has 50 heavy (non-hydrogen) atoms. The first kappa shape index (κ1) is 35.3. The Hall–Kier alpha value is -4.48. The van der Waals surface area contributed by atoms with Gasteiger partial charge in [-0.25, -0.2) is 19.8 Å². The van der Waals surface area contributed by atoms with Gasteiger partial charge < -0.3 is 25.1 Å². The summed E-state index contributed by atoms with van der Waals surface area (Å²) in [6.07, 6.45) is 4.72. The molecule has 0 spiro atoms. The maximum atomic E-state index is 13.5. The number of benzene rings is 2. The Balaban J connectivity index is 1.10. The molecular formula is C36H39ClN6O6P+. The first-order valence-electron chi connectivity index (χ1n) is 16.3. The zero-order chi connectivity index (χ0) is 35.8. The van der Waals surface area contributed by atoms with Gasteiger partial charge >= 0.3 is 5.65 Å². The quantitative estimate of drug-likeness (QED) is 0.0901. The number of aryl methyl sites for hydroxylation is 1. The lowest BCUT2D eigenvalue weighted by atomic mass is 9.93. The maximum absolute atomic E-state index is 13.5. The van der Waals surface area contributed by atoms with Crippen LogP contribution in [0.2, 0.25) is 5.02 Å². The number of rotatable bonds is 13. The van der Waals surface area contributed by atoms with E-state index >= 15 is 0 Å². The Morgan fingerprint density at radius 2 is 1.88 bits per heavy atom. The minimum absolute atomic E-state index is 0.0499. The standard InChI is InChI=1S/C36H38ClN6O6P/c1-5-48-19-29-41-31-32(23-8-6-7-9-27(23)40-33(31)38)43(29)20-36(3,4)49-13-12-39-35(47)50(14-15-50)42-34(46)26-17-21(2)16-25(30(26)37)24-18-22(44)10-11-28(24)45/h6-11,16-18H,5,12-15,19-20H2,1-4H3,(H3-,38,39,40,42,46,47)/p+1. The summed E-state index contributed by atoms with van der Waals surface area (Å²) in [7, 11) is -2.46. The minimum Gasteiger partial charge on any atom is -0.382 e. The fourth-order valence-electron chi connectivity index (χ4n) is 6.01. The highest BCUT2D eigenvalue weighted by atomic mass is 35.5. The summed E-state index contributed by atoms with van der Waals surface area (Å²) < 4.78 is 14.1. The van der Waals surface area contributed by atoms with Gasteiger partial charge in [0.05, 0.1) is 40.4 Å². The number of fused-ring (bicyclic) bond motifs is 3. The van der Waals surface area contributed by atoms with Crippen molar-refractivity contribution in [2.45, 2.75) is 46.4 Å². The van der Waals surface area contributed by atoms with Crippen LogP contribution in [0.15, 0.2) is 54.6 Å². The normalized spacial score (nSPS) is 15.4. The number of imidazole rings is 1. The van der Waals surface area contributed by atoms with Gasteiger partial charge in [0, 0.05) is 29.7 Å². The number of carbonyl (C=O) groups is 4. The third-order valence-corrected chi connectivity index (χ3v) is 11.9. The Morgan fingerprint density at radius 1 is 1.12 bits per heavy atom. The van der Waals surface area contributed by atoms with E-state index in [-0.39, 0.29) is 46.5 Å². The molecule has 4 aromatic rings. The number of anilines is 1. The summed E-state index contributed by atoms with van der Waals surface area (Å²) in [6, 6.07) is 11.0. The van der Waals surface area contributed by atoms with Crippen LogP contribution in [-0.2, 0) is 32.2 Å². The van der Waals surface area contributed by atoms with Gasteiger partial charge in [-0.3, -0.25) is 14.4 Å². The van der Waals surface area contributed by atoms with Crippen molar-refractivity contribution in [2.24, 2.45) is 0 Å². The van der Waals surface area contributed by atoms with Gasteiger partial charge in [0.15, 0.2) is 17.4 Å². The predicted octanol–water partition coefficient (Wildman–Crippen LogP) is 5.64. The van der Waals surface area contributed by atoms with Gasteiger partial charge in [0.1, 0.15) is 30.3 Å². The van der Waals surface area contributed by atoms with Crippen molar-refractivity contribution in [3.05, 3.63) is 82.2 Å². The van der Waals surface area contributed by atoms with Gasteiger partial charge in [0.25, 0.3) is 5.91 Å². The van der Waals surface area contributed by atoms with Crippen molar-refractivity contribution in [1.29, 1.82) is 0 Å². The highest BCUT2D eigenvalue weighted by Gasteiger charge is 2.62. The highest BCUT2D eigenvalue weighted by Crippen LogP contribution is 2.68. The van der Waals surface area contributed by atoms with E-state index < -0.39 is 18.9 Å². The molecule has 0 saturated carbocycles. The van der Waals surface area contributed by atoms with Crippen molar-refractivity contribution < 1.29 is 28.7 Å². The molecule has 2 aromatic heterocycles. The monoisotopic (exact) mass is 717 g/mol. The van der Waals surface area contributed by atoms with E-state index in [0.717, 1.165) is 16.4 Å². The molecule has 12 nitrogen and oxygen atoms in total. The van der Waals surface area contributed by atoms with E-state index in [1.807, 2.05) is 45.0 Å². The summed E-state index contributed by atoms with van der Waals surface area (Å²) in [5.74, 6) is -0.159. The van der Waals surface area contributed by atoms with Crippen LogP contribution in [0.5, 0.6) is 0 Å². The minimum atomic E-state index is -2.46. The topological polar surface area (TPSA) is 168 Å². The molecule has 1 saturated heterocycles. The smallest absolute Gasteiger partial charge is 0.382 e. The fraction of sp³-hybridized carbons (Fsp3) is 0.333. The Kier molecular flexibility index (Phi) is 9.92.